The molecule has 0 aliphatic heterocycles. The number of benzene rings is 2. The Morgan fingerprint density at radius 3 is 2.59 bits per heavy atom. The molecule has 2 amide bonds. The van der Waals surface area contributed by atoms with Crippen molar-refractivity contribution in [3.05, 3.63) is 71.5 Å². The van der Waals surface area contributed by atoms with Gasteiger partial charge < -0.3 is 15.7 Å². The van der Waals surface area contributed by atoms with Gasteiger partial charge in [0, 0.05) is 13.1 Å². The van der Waals surface area contributed by atoms with Crippen LogP contribution in [0.15, 0.2) is 54.6 Å². The number of amides is 2. The van der Waals surface area contributed by atoms with Gasteiger partial charge in [0.15, 0.2) is 0 Å². The maximum Gasteiger partial charge on any atom is 0.314 e. The minimum atomic E-state index is -0.935. The normalized spacial score (nSPS) is 11.7. The maximum atomic E-state index is 13.0. The third-order valence-electron chi connectivity index (χ3n) is 3.23. The third kappa shape index (κ3) is 5.18. The smallest absolute Gasteiger partial charge is 0.314 e. The van der Waals surface area contributed by atoms with E-state index in [1.807, 2.05) is 30.3 Å². The first-order chi connectivity index (χ1) is 10.6. The molecule has 0 saturated heterocycles. The molecule has 3 N–H and O–H groups in total. The number of halogens is 1. The summed E-state index contributed by atoms with van der Waals surface area (Å²) in [5.41, 5.74) is 1.58. The first-order valence-corrected chi connectivity index (χ1v) is 7.14. The molecule has 1 atom stereocenters. The largest absolute Gasteiger partial charge is 0.387 e. The second-order valence-corrected chi connectivity index (χ2v) is 4.94. The summed E-state index contributed by atoms with van der Waals surface area (Å²) in [6, 6.07) is 15.2. The van der Waals surface area contributed by atoms with Crippen molar-refractivity contribution >= 4 is 6.03 Å². The van der Waals surface area contributed by atoms with Gasteiger partial charge in [-0.1, -0.05) is 42.5 Å². The van der Waals surface area contributed by atoms with Crippen LogP contribution < -0.4 is 10.6 Å². The fraction of sp³-hybridized carbons (Fsp3) is 0.235. The Morgan fingerprint density at radius 2 is 1.86 bits per heavy atom. The molecule has 0 saturated carbocycles. The van der Waals surface area contributed by atoms with Gasteiger partial charge in [0.05, 0.1) is 6.10 Å². The third-order valence-corrected chi connectivity index (χ3v) is 3.23. The molecular weight excluding hydrogens is 283 g/mol. The topological polar surface area (TPSA) is 61.4 Å². The van der Waals surface area contributed by atoms with Crippen molar-refractivity contribution in [2.24, 2.45) is 0 Å². The highest BCUT2D eigenvalue weighted by Gasteiger charge is 2.09. The summed E-state index contributed by atoms with van der Waals surface area (Å²) < 4.78 is 13.0. The molecular formula is C17H19FN2O2. The highest BCUT2D eigenvalue weighted by Crippen LogP contribution is 2.12. The zero-order chi connectivity index (χ0) is 15.8. The molecule has 2 rings (SSSR count). The number of carbonyl (C=O) groups excluding carboxylic acids is 1. The van der Waals surface area contributed by atoms with E-state index in [4.69, 9.17) is 0 Å². The number of aliphatic hydroxyl groups excluding tert-OH is 1. The summed E-state index contributed by atoms with van der Waals surface area (Å²) in [4.78, 5) is 11.6. The molecule has 5 heteroatoms. The Bertz CT molecular complexity index is 605. The summed E-state index contributed by atoms with van der Waals surface area (Å²) in [7, 11) is 0. The Morgan fingerprint density at radius 1 is 1.09 bits per heavy atom. The van der Waals surface area contributed by atoms with Gasteiger partial charge in [0.25, 0.3) is 0 Å². The standard InChI is InChI=1S/C17H19FN2O2/c18-15-8-4-7-14(11-15)16(21)12-20-17(22)19-10-9-13-5-2-1-3-6-13/h1-8,11,16,21H,9-10,12H2,(H2,19,20,22)/t16-/m1/s1. The lowest BCUT2D eigenvalue weighted by Crippen LogP contribution is -2.38. The van der Waals surface area contributed by atoms with Crippen LogP contribution in [0, 0.1) is 5.82 Å². The molecule has 22 heavy (non-hydrogen) atoms. The molecule has 0 bridgehead atoms. The van der Waals surface area contributed by atoms with E-state index < -0.39 is 11.9 Å². The van der Waals surface area contributed by atoms with Crippen LogP contribution in [-0.2, 0) is 6.42 Å². The Labute approximate surface area is 129 Å². The highest BCUT2D eigenvalue weighted by molar-refractivity contribution is 5.73. The zero-order valence-electron chi connectivity index (χ0n) is 12.1. The van der Waals surface area contributed by atoms with Crippen LogP contribution in [-0.4, -0.2) is 24.2 Å². The van der Waals surface area contributed by atoms with Gasteiger partial charge in [-0.25, -0.2) is 9.18 Å². The average molecular weight is 302 g/mol. The van der Waals surface area contributed by atoms with Crippen LogP contribution in [0.25, 0.3) is 0 Å². The molecule has 4 nitrogen and oxygen atoms in total. The number of carbonyl (C=O) groups is 1. The highest BCUT2D eigenvalue weighted by atomic mass is 19.1. The van der Waals surface area contributed by atoms with E-state index in [2.05, 4.69) is 10.6 Å². The minimum Gasteiger partial charge on any atom is -0.387 e. The van der Waals surface area contributed by atoms with Crippen molar-refractivity contribution in [3.8, 4) is 0 Å². The van der Waals surface area contributed by atoms with E-state index in [1.54, 1.807) is 6.07 Å². The van der Waals surface area contributed by atoms with Crippen molar-refractivity contribution < 1.29 is 14.3 Å². The second kappa shape index (κ2) is 8.14. The second-order valence-electron chi connectivity index (χ2n) is 4.94. The molecule has 116 valence electrons. The lowest BCUT2D eigenvalue weighted by Gasteiger charge is -2.13. The number of urea groups is 1. The Hall–Kier alpha value is -2.40. The molecule has 0 fully saturated rings. The zero-order valence-corrected chi connectivity index (χ0v) is 12.1. The van der Waals surface area contributed by atoms with Crippen molar-refractivity contribution in [2.75, 3.05) is 13.1 Å². The first kappa shape index (κ1) is 16.0. The number of hydrogen-bond donors (Lipinski definition) is 3. The van der Waals surface area contributed by atoms with Gasteiger partial charge in [0.1, 0.15) is 5.82 Å². The molecule has 0 spiro atoms. The first-order valence-electron chi connectivity index (χ1n) is 7.14. The van der Waals surface area contributed by atoms with Crippen LogP contribution in [0.2, 0.25) is 0 Å². The lowest BCUT2D eigenvalue weighted by molar-refractivity contribution is 0.173. The fourth-order valence-electron chi connectivity index (χ4n) is 2.05. The number of aliphatic hydroxyl groups is 1. The minimum absolute atomic E-state index is 0.0284. The number of hydrogen-bond acceptors (Lipinski definition) is 2. The van der Waals surface area contributed by atoms with E-state index in [-0.39, 0.29) is 12.6 Å². The Kier molecular flexibility index (Phi) is 5.91. The van der Waals surface area contributed by atoms with E-state index in [1.165, 1.54) is 18.2 Å². The molecule has 0 unspecified atom stereocenters. The van der Waals surface area contributed by atoms with Crippen molar-refractivity contribution in [1.29, 1.82) is 0 Å². The van der Waals surface area contributed by atoms with Crippen LogP contribution in [0.5, 0.6) is 0 Å². The van der Waals surface area contributed by atoms with E-state index in [0.717, 1.165) is 12.0 Å². The van der Waals surface area contributed by atoms with Crippen molar-refractivity contribution in [3.63, 3.8) is 0 Å². The summed E-state index contributed by atoms with van der Waals surface area (Å²) in [5.74, 6) is -0.413. The molecule has 0 aliphatic rings. The summed E-state index contributed by atoms with van der Waals surface area (Å²) in [5, 5.41) is 15.2. The van der Waals surface area contributed by atoms with Gasteiger partial charge in [-0.3, -0.25) is 0 Å². The average Bonchev–Trinajstić information content (AvgIpc) is 2.53. The monoisotopic (exact) mass is 302 g/mol. The summed E-state index contributed by atoms with van der Waals surface area (Å²) >= 11 is 0. The van der Waals surface area contributed by atoms with Crippen LogP contribution in [0.3, 0.4) is 0 Å². The predicted molar refractivity (Wildman–Crippen MR) is 82.9 cm³/mol. The summed E-state index contributed by atoms with van der Waals surface area (Å²) in [6.45, 7) is 0.534. The molecule has 2 aromatic rings. The van der Waals surface area contributed by atoms with Crippen molar-refractivity contribution in [1.82, 2.24) is 10.6 Å². The molecule has 0 aromatic heterocycles. The predicted octanol–water partition coefficient (Wildman–Crippen LogP) is 2.40. The van der Waals surface area contributed by atoms with E-state index >= 15 is 0 Å². The van der Waals surface area contributed by atoms with Crippen LogP contribution in [0.1, 0.15) is 17.2 Å². The lowest BCUT2D eigenvalue weighted by atomic mass is 10.1. The van der Waals surface area contributed by atoms with Gasteiger partial charge in [-0.05, 0) is 29.7 Å². The quantitative estimate of drug-likeness (QED) is 0.767. The molecule has 0 heterocycles. The molecule has 0 radical (unpaired) electrons. The SMILES string of the molecule is O=C(NCCc1ccccc1)NC[C@@H](O)c1cccc(F)c1. The van der Waals surface area contributed by atoms with Crippen LogP contribution >= 0.6 is 0 Å². The van der Waals surface area contributed by atoms with Crippen LogP contribution in [0.4, 0.5) is 9.18 Å². The van der Waals surface area contributed by atoms with Crippen molar-refractivity contribution in [2.45, 2.75) is 12.5 Å². The molecule has 0 aliphatic carbocycles. The summed E-state index contributed by atoms with van der Waals surface area (Å²) in [6.07, 6.45) is -0.198. The van der Waals surface area contributed by atoms with Gasteiger partial charge in [-0.15, -0.1) is 0 Å². The fourth-order valence-corrected chi connectivity index (χ4v) is 2.05. The maximum absolute atomic E-state index is 13.0. The van der Waals surface area contributed by atoms with E-state index in [0.29, 0.717) is 12.1 Å². The van der Waals surface area contributed by atoms with Gasteiger partial charge in [-0.2, -0.15) is 0 Å². The molecule has 2 aromatic carbocycles. The number of rotatable bonds is 6. The van der Waals surface area contributed by atoms with Gasteiger partial charge in [0.2, 0.25) is 0 Å². The Balaban J connectivity index is 1.69. The van der Waals surface area contributed by atoms with E-state index in [9.17, 15) is 14.3 Å². The van der Waals surface area contributed by atoms with Gasteiger partial charge >= 0.3 is 6.03 Å². The number of nitrogens with one attached hydrogen (secondary N) is 2.